The number of unbranched alkanes of at least 4 members (excludes halogenated alkanes) is 1. The number of amides is 2. The van der Waals surface area contributed by atoms with E-state index in [1.807, 2.05) is 6.92 Å². The highest BCUT2D eigenvalue weighted by Crippen LogP contribution is 2.38. The van der Waals surface area contributed by atoms with Gasteiger partial charge in [-0.15, -0.1) is 0 Å². The predicted octanol–water partition coefficient (Wildman–Crippen LogP) is 0.616. The molecule has 0 radical (unpaired) electrons. The van der Waals surface area contributed by atoms with Gasteiger partial charge in [-0.25, -0.2) is 4.79 Å². The molecule has 9 heteroatoms. The zero-order valence-electron chi connectivity index (χ0n) is 15.7. The van der Waals surface area contributed by atoms with Gasteiger partial charge in [0.2, 0.25) is 5.91 Å². The van der Waals surface area contributed by atoms with Crippen molar-refractivity contribution in [1.82, 2.24) is 10.6 Å². The van der Waals surface area contributed by atoms with E-state index in [1.165, 1.54) is 21.1 Å². The van der Waals surface area contributed by atoms with E-state index in [0.717, 1.165) is 12.8 Å². The van der Waals surface area contributed by atoms with Gasteiger partial charge in [0, 0.05) is 19.4 Å². The van der Waals surface area contributed by atoms with Crippen LogP contribution in [0.1, 0.15) is 33.1 Å². The zero-order valence-corrected chi connectivity index (χ0v) is 15.7. The van der Waals surface area contributed by atoms with Crippen molar-refractivity contribution in [3.8, 4) is 0 Å². The van der Waals surface area contributed by atoms with Crippen LogP contribution in [0.2, 0.25) is 0 Å². The molecular weight excluding hydrogens is 344 g/mol. The lowest BCUT2D eigenvalue weighted by Crippen LogP contribution is -2.48. The lowest BCUT2D eigenvalue weighted by molar-refractivity contribution is -0.147. The Morgan fingerprint density at radius 3 is 2.19 bits per heavy atom. The van der Waals surface area contributed by atoms with Gasteiger partial charge < -0.3 is 24.8 Å². The fourth-order valence-corrected chi connectivity index (χ4v) is 3.19. The van der Waals surface area contributed by atoms with Crippen molar-refractivity contribution in [2.75, 3.05) is 27.4 Å². The highest BCUT2D eigenvalue weighted by atomic mass is 16.5. The number of carbonyl (C=O) groups excluding carboxylic acids is 4. The first-order valence-electron chi connectivity index (χ1n) is 8.69. The van der Waals surface area contributed by atoms with Gasteiger partial charge in [-0.2, -0.15) is 0 Å². The predicted molar refractivity (Wildman–Crippen MR) is 91.0 cm³/mol. The van der Waals surface area contributed by atoms with E-state index >= 15 is 0 Å². The summed E-state index contributed by atoms with van der Waals surface area (Å²) in [4.78, 5) is 47.7. The average Bonchev–Trinajstić information content (AvgIpc) is 2.97. The minimum Gasteiger partial charge on any atom is -0.469 e. The van der Waals surface area contributed by atoms with Gasteiger partial charge >= 0.3 is 18.0 Å². The Morgan fingerprint density at radius 1 is 1.04 bits per heavy atom. The Bertz CT molecular complexity index is 523. The Hall–Kier alpha value is -2.32. The smallest absolute Gasteiger partial charge is 0.407 e. The third-order valence-electron chi connectivity index (χ3n) is 4.53. The van der Waals surface area contributed by atoms with E-state index in [9.17, 15) is 19.2 Å². The molecule has 0 bridgehead atoms. The van der Waals surface area contributed by atoms with Crippen LogP contribution in [0.25, 0.3) is 0 Å². The molecule has 0 aromatic carbocycles. The number of alkyl carbamates (subject to hydrolysis) is 1. The Kier molecular flexibility index (Phi) is 8.87. The summed E-state index contributed by atoms with van der Waals surface area (Å²) in [6.07, 6.45) is 1.08. The minimum absolute atomic E-state index is 0.114. The zero-order chi connectivity index (χ0) is 19.7. The summed E-state index contributed by atoms with van der Waals surface area (Å²) in [7, 11) is 2.50. The number of carbonyl (C=O) groups is 4. The van der Waals surface area contributed by atoms with E-state index in [-0.39, 0.29) is 25.5 Å². The maximum atomic E-state index is 12.2. The fraction of sp³-hybridized carbons (Fsp3) is 0.765. The molecule has 26 heavy (non-hydrogen) atoms. The molecule has 2 amide bonds. The van der Waals surface area contributed by atoms with Crippen LogP contribution >= 0.6 is 0 Å². The monoisotopic (exact) mass is 372 g/mol. The number of rotatable bonds is 8. The molecule has 1 aliphatic rings. The lowest BCUT2D eigenvalue weighted by Gasteiger charge is -2.26. The molecule has 1 saturated carbocycles. The standard InChI is InChI=1S/C17H28N2O7/c1-5-6-7-26-17(23)19-14-12(16(22)25-4)8-11(15(21)24-3)13(14)9-18-10(2)20/h11-14H,5-9H2,1-4H3,(H,18,20)(H,19,23)/t11-,12+,13+,14-/m1/s1. The molecule has 2 N–H and O–H groups in total. The number of hydrogen-bond acceptors (Lipinski definition) is 7. The van der Waals surface area contributed by atoms with Crippen molar-refractivity contribution < 1.29 is 33.4 Å². The van der Waals surface area contributed by atoms with Crippen LogP contribution in [0.3, 0.4) is 0 Å². The average molecular weight is 372 g/mol. The molecular formula is C17H28N2O7. The summed E-state index contributed by atoms with van der Waals surface area (Å²) in [6.45, 7) is 3.69. The molecule has 0 aromatic heterocycles. The first kappa shape index (κ1) is 21.7. The topological polar surface area (TPSA) is 120 Å². The number of methoxy groups -OCH3 is 2. The summed E-state index contributed by atoms with van der Waals surface area (Å²) in [5, 5.41) is 5.30. The van der Waals surface area contributed by atoms with E-state index in [1.54, 1.807) is 0 Å². The second-order valence-corrected chi connectivity index (χ2v) is 6.26. The summed E-state index contributed by atoms with van der Waals surface area (Å²) in [6, 6.07) is -0.715. The van der Waals surface area contributed by atoms with Crippen LogP contribution in [0, 0.1) is 17.8 Å². The van der Waals surface area contributed by atoms with E-state index in [4.69, 9.17) is 14.2 Å². The van der Waals surface area contributed by atoms with Crippen molar-refractivity contribution in [1.29, 1.82) is 0 Å². The molecule has 0 heterocycles. The van der Waals surface area contributed by atoms with Gasteiger partial charge in [0.15, 0.2) is 0 Å². The molecule has 4 atom stereocenters. The van der Waals surface area contributed by atoms with E-state index < -0.39 is 41.8 Å². The van der Waals surface area contributed by atoms with Crippen LogP contribution in [0.15, 0.2) is 0 Å². The van der Waals surface area contributed by atoms with Crippen LogP contribution in [-0.4, -0.2) is 57.4 Å². The van der Waals surface area contributed by atoms with E-state index in [2.05, 4.69) is 10.6 Å². The van der Waals surface area contributed by atoms with Crippen molar-refractivity contribution in [2.45, 2.75) is 39.2 Å². The van der Waals surface area contributed by atoms with Gasteiger partial charge in [0.25, 0.3) is 0 Å². The molecule has 0 saturated heterocycles. The first-order valence-corrected chi connectivity index (χ1v) is 8.69. The molecule has 0 spiro atoms. The maximum absolute atomic E-state index is 12.2. The van der Waals surface area contributed by atoms with Crippen LogP contribution in [-0.2, 0) is 28.6 Å². The lowest BCUT2D eigenvalue weighted by atomic mass is 9.92. The molecule has 0 unspecified atom stereocenters. The highest BCUT2D eigenvalue weighted by molar-refractivity contribution is 5.80. The number of hydrogen-bond donors (Lipinski definition) is 2. The molecule has 0 aliphatic heterocycles. The maximum Gasteiger partial charge on any atom is 0.407 e. The fourth-order valence-electron chi connectivity index (χ4n) is 3.19. The normalized spacial score (nSPS) is 24.5. The third kappa shape index (κ3) is 5.89. The van der Waals surface area contributed by atoms with Gasteiger partial charge in [-0.1, -0.05) is 13.3 Å². The quantitative estimate of drug-likeness (QED) is 0.364. The summed E-state index contributed by atoms with van der Waals surface area (Å²) in [5.41, 5.74) is 0. The van der Waals surface area contributed by atoms with Gasteiger partial charge in [-0.3, -0.25) is 14.4 Å². The molecule has 9 nitrogen and oxygen atoms in total. The van der Waals surface area contributed by atoms with Crippen molar-refractivity contribution in [3.05, 3.63) is 0 Å². The van der Waals surface area contributed by atoms with Crippen molar-refractivity contribution in [2.24, 2.45) is 17.8 Å². The summed E-state index contributed by atoms with van der Waals surface area (Å²) >= 11 is 0. The second kappa shape index (κ2) is 10.6. The van der Waals surface area contributed by atoms with Gasteiger partial charge in [-0.05, 0) is 12.8 Å². The Morgan fingerprint density at radius 2 is 1.65 bits per heavy atom. The third-order valence-corrected chi connectivity index (χ3v) is 4.53. The number of ether oxygens (including phenoxy) is 3. The Labute approximate surface area is 153 Å². The van der Waals surface area contributed by atoms with Crippen LogP contribution < -0.4 is 10.6 Å². The molecule has 1 aliphatic carbocycles. The van der Waals surface area contributed by atoms with Crippen LogP contribution in [0.4, 0.5) is 4.79 Å². The van der Waals surface area contributed by atoms with Crippen molar-refractivity contribution in [3.63, 3.8) is 0 Å². The minimum atomic E-state index is -0.735. The first-order chi connectivity index (χ1) is 12.3. The molecule has 0 aromatic rings. The summed E-state index contributed by atoms with van der Waals surface area (Å²) in [5.74, 6) is -3.23. The van der Waals surface area contributed by atoms with Crippen molar-refractivity contribution >= 4 is 23.9 Å². The Balaban J connectivity index is 2.99. The number of nitrogens with one attached hydrogen (secondary N) is 2. The largest absolute Gasteiger partial charge is 0.469 e. The molecule has 148 valence electrons. The van der Waals surface area contributed by atoms with E-state index in [0.29, 0.717) is 0 Å². The molecule has 1 rings (SSSR count). The molecule has 1 fully saturated rings. The SMILES string of the molecule is CCCCOC(=O)N[C@H]1[C@@H](CNC(C)=O)[C@H](C(=O)OC)C[C@@H]1C(=O)OC. The van der Waals surface area contributed by atoms with Gasteiger partial charge in [0.05, 0.1) is 38.7 Å². The van der Waals surface area contributed by atoms with Gasteiger partial charge in [0.1, 0.15) is 0 Å². The number of esters is 2. The van der Waals surface area contributed by atoms with Crippen LogP contribution in [0.5, 0.6) is 0 Å². The summed E-state index contributed by atoms with van der Waals surface area (Å²) < 4.78 is 14.7. The highest BCUT2D eigenvalue weighted by Gasteiger charge is 2.51. The second-order valence-electron chi connectivity index (χ2n) is 6.26.